The summed E-state index contributed by atoms with van der Waals surface area (Å²) in [4.78, 5) is 28.6. The average molecular weight is 369 g/mol. The number of benzene rings is 2. The molecule has 5 nitrogen and oxygen atoms in total. The lowest BCUT2D eigenvalue weighted by Gasteiger charge is -2.22. The molecule has 1 fully saturated rings. The smallest absolute Gasteiger partial charge is 0.254 e. The Labute approximate surface area is 158 Å². The highest BCUT2D eigenvalue weighted by Gasteiger charge is 2.20. The molecule has 1 aliphatic heterocycles. The Hall–Kier alpha value is -2.73. The van der Waals surface area contributed by atoms with Gasteiger partial charge in [-0.1, -0.05) is 24.3 Å². The second-order valence-corrected chi connectivity index (χ2v) is 6.66. The van der Waals surface area contributed by atoms with Gasteiger partial charge in [0.05, 0.1) is 0 Å². The first-order valence-electron chi connectivity index (χ1n) is 9.24. The van der Waals surface area contributed by atoms with Gasteiger partial charge in [-0.05, 0) is 43.3 Å². The van der Waals surface area contributed by atoms with E-state index in [1.54, 1.807) is 17.0 Å². The van der Waals surface area contributed by atoms with Gasteiger partial charge in [0.25, 0.3) is 5.91 Å². The van der Waals surface area contributed by atoms with Crippen molar-refractivity contribution in [2.45, 2.75) is 12.8 Å². The molecule has 2 amide bonds. The molecule has 3 rings (SSSR count). The van der Waals surface area contributed by atoms with E-state index in [0.717, 1.165) is 18.7 Å². The van der Waals surface area contributed by atoms with Crippen LogP contribution in [0.2, 0.25) is 0 Å². The van der Waals surface area contributed by atoms with E-state index >= 15 is 0 Å². The van der Waals surface area contributed by atoms with Crippen LogP contribution in [0.1, 0.15) is 23.2 Å². The van der Waals surface area contributed by atoms with E-state index in [1.165, 1.54) is 12.1 Å². The van der Waals surface area contributed by atoms with Crippen molar-refractivity contribution in [2.24, 2.45) is 0 Å². The minimum atomic E-state index is -0.401. The highest BCUT2D eigenvalue weighted by molar-refractivity contribution is 5.94. The Bertz CT molecular complexity index is 782. The van der Waals surface area contributed by atoms with Crippen molar-refractivity contribution in [3.63, 3.8) is 0 Å². The minimum Gasteiger partial charge on any atom is -0.337 e. The van der Waals surface area contributed by atoms with Gasteiger partial charge < -0.3 is 15.1 Å². The Balaban J connectivity index is 1.47. The topological polar surface area (TPSA) is 52.7 Å². The van der Waals surface area contributed by atoms with Crippen molar-refractivity contribution >= 4 is 17.5 Å². The average Bonchev–Trinajstić information content (AvgIpc) is 2.92. The minimum absolute atomic E-state index is 0.0156. The predicted octanol–water partition coefficient (Wildman–Crippen LogP) is 3.00. The van der Waals surface area contributed by atoms with Gasteiger partial charge in [0, 0.05) is 43.9 Å². The number of halogens is 1. The summed E-state index contributed by atoms with van der Waals surface area (Å²) < 4.78 is 13.4. The number of carbonyl (C=O) groups is 2. The van der Waals surface area contributed by atoms with Crippen molar-refractivity contribution in [3.05, 3.63) is 66.0 Å². The molecule has 2 aromatic carbocycles. The molecule has 0 spiro atoms. The van der Waals surface area contributed by atoms with Crippen molar-refractivity contribution in [1.29, 1.82) is 0 Å². The fourth-order valence-corrected chi connectivity index (χ4v) is 3.21. The zero-order chi connectivity index (χ0) is 19.1. The van der Waals surface area contributed by atoms with Crippen LogP contribution >= 0.6 is 0 Å². The van der Waals surface area contributed by atoms with Crippen LogP contribution in [0, 0.1) is 5.82 Å². The lowest BCUT2D eigenvalue weighted by molar-refractivity contribution is -0.116. The standard InChI is InChI=1S/C21H24FN3O2/c22-18-7-4-6-17(16-18)21(27)25-12-5-11-24(14-15-25)13-10-20(26)23-19-8-2-1-3-9-19/h1-4,6-9,16H,5,10-15H2,(H,23,26). The molecule has 1 aliphatic rings. The molecular formula is C21H24FN3O2. The van der Waals surface area contributed by atoms with Crippen LogP contribution in [0.5, 0.6) is 0 Å². The summed E-state index contributed by atoms with van der Waals surface area (Å²) in [5, 5.41) is 2.89. The molecule has 27 heavy (non-hydrogen) atoms. The Kier molecular flexibility index (Phi) is 6.54. The van der Waals surface area contributed by atoms with Crippen LogP contribution in [0.25, 0.3) is 0 Å². The third kappa shape index (κ3) is 5.62. The van der Waals surface area contributed by atoms with Crippen LogP contribution in [-0.4, -0.2) is 54.3 Å². The molecule has 0 saturated carbocycles. The molecule has 2 aromatic rings. The maximum atomic E-state index is 13.4. The number of hydrogen-bond donors (Lipinski definition) is 1. The maximum Gasteiger partial charge on any atom is 0.254 e. The van der Waals surface area contributed by atoms with E-state index < -0.39 is 5.82 Å². The van der Waals surface area contributed by atoms with E-state index in [4.69, 9.17) is 0 Å². The molecule has 0 radical (unpaired) electrons. The number of nitrogens with one attached hydrogen (secondary N) is 1. The number of para-hydroxylation sites is 1. The summed E-state index contributed by atoms with van der Waals surface area (Å²) in [5.41, 5.74) is 1.18. The number of nitrogens with zero attached hydrogens (tertiary/aromatic N) is 2. The molecule has 1 saturated heterocycles. The summed E-state index contributed by atoms with van der Waals surface area (Å²) in [5.74, 6) is -0.557. The third-order valence-corrected chi connectivity index (χ3v) is 4.66. The van der Waals surface area contributed by atoms with Crippen LogP contribution < -0.4 is 5.32 Å². The zero-order valence-corrected chi connectivity index (χ0v) is 15.2. The van der Waals surface area contributed by atoms with Crippen LogP contribution in [0.4, 0.5) is 10.1 Å². The number of hydrogen-bond acceptors (Lipinski definition) is 3. The normalized spacial score (nSPS) is 15.2. The van der Waals surface area contributed by atoms with Gasteiger partial charge in [0.15, 0.2) is 0 Å². The van der Waals surface area contributed by atoms with Crippen LogP contribution in [0.15, 0.2) is 54.6 Å². The van der Waals surface area contributed by atoms with Crippen molar-refractivity contribution in [3.8, 4) is 0 Å². The van der Waals surface area contributed by atoms with Gasteiger partial charge >= 0.3 is 0 Å². The summed E-state index contributed by atoms with van der Waals surface area (Å²) in [6.07, 6.45) is 1.24. The van der Waals surface area contributed by atoms with Crippen molar-refractivity contribution in [2.75, 3.05) is 38.0 Å². The fourth-order valence-electron chi connectivity index (χ4n) is 3.21. The second kappa shape index (κ2) is 9.28. The molecule has 142 valence electrons. The van der Waals surface area contributed by atoms with Gasteiger partial charge in [-0.3, -0.25) is 9.59 Å². The highest BCUT2D eigenvalue weighted by atomic mass is 19.1. The largest absolute Gasteiger partial charge is 0.337 e. The van der Waals surface area contributed by atoms with Gasteiger partial charge in [0.2, 0.25) is 5.91 Å². The first-order valence-corrected chi connectivity index (χ1v) is 9.24. The molecule has 0 bridgehead atoms. The molecule has 6 heteroatoms. The lowest BCUT2D eigenvalue weighted by Crippen LogP contribution is -2.36. The fraction of sp³-hybridized carbons (Fsp3) is 0.333. The Morgan fingerprint density at radius 3 is 2.56 bits per heavy atom. The third-order valence-electron chi connectivity index (χ3n) is 4.66. The Morgan fingerprint density at radius 2 is 1.78 bits per heavy atom. The molecule has 0 aromatic heterocycles. The monoisotopic (exact) mass is 369 g/mol. The van der Waals surface area contributed by atoms with E-state index in [9.17, 15) is 14.0 Å². The number of anilines is 1. The second-order valence-electron chi connectivity index (χ2n) is 6.66. The number of amides is 2. The molecule has 0 aliphatic carbocycles. The SMILES string of the molecule is O=C(CCN1CCCN(C(=O)c2cccc(F)c2)CC1)Nc1ccccc1. The van der Waals surface area contributed by atoms with Crippen LogP contribution in [-0.2, 0) is 4.79 Å². The molecule has 1 N–H and O–H groups in total. The number of rotatable bonds is 5. The quantitative estimate of drug-likeness (QED) is 0.882. The first-order chi connectivity index (χ1) is 13.1. The van der Waals surface area contributed by atoms with E-state index in [-0.39, 0.29) is 11.8 Å². The van der Waals surface area contributed by atoms with Gasteiger partial charge in [-0.15, -0.1) is 0 Å². The zero-order valence-electron chi connectivity index (χ0n) is 15.2. The summed E-state index contributed by atoms with van der Waals surface area (Å²) in [7, 11) is 0. The van der Waals surface area contributed by atoms with Crippen molar-refractivity contribution in [1.82, 2.24) is 9.80 Å². The van der Waals surface area contributed by atoms with Gasteiger partial charge in [-0.25, -0.2) is 4.39 Å². The molecular weight excluding hydrogens is 345 g/mol. The summed E-state index contributed by atoms with van der Waals surface area (Å²) in [6, 6.07) is 15.2. The molecule has 0 unspecified atom stereocenters. The van der Waals surface area contributed by atoms with E-state index in [2.05, 4.69) is 10.2 Å². The predicted molar refractivity (Wildman–Crippen MR) is 103 cm³/mol. The Morgan fingerprint density at radius 1 is 0.963 bits per heavy atom. The number of carbonyl (C=O) groups excluding carboxylic acids is 2. The maximum absolute atomic E-state index is 13.4. The van der Waals surface area contributed by atoms with E-state index in [1.807, 2.05) is 30.3 Å². The van der Waals surface area contributed by atoms with Gasteiger partial charge in [-0.2, -0.15) is 0 Å². The highest BCUT2D eigenvalue weighted by Crippen LogP contribution is 2.11. The lowest BCUT2D eigenvalue weighted by atomic mass is 10.2. The molecule has 1 heterocycles. The first kappa shape index (κ1) is 19.0. The molecule has 0 atom stereocenters. The van der Waals surface area contributed by atoms with Crippen LogP contribution in [0.3, 0.4) is 0 Å². The summed E-state index contributed by atoms with van der Waals surface area (Å²) >= 11 is 0. The summed E-state index contributed by atoms with van der Waals surface area (Å²) in [6.45, 7) is 3.42. The van der Waals surface area contributed by atoms with Crippen molar-refractivity contribution < 1.29 is 14.0 Å². The van der Waals surface area contributed by atoms with E-state index in [0.29, 0.717) is 38.2 Å². The van der Waals surface area contributed by atoms with Gasteiger partial charge in [0.1, 0.15) is 5.82 Å².